The number of ketones is 1. The van der Waals surface area contributed by atoms with Crippen molar-refractivity contribution < 1.29 is 19.1 Å². The van der Waals surface area contributed by atoms with E-state index in [-0.39, 0.29) is 17.8 Å². The SMILES string of the molecule is CCC(C)OC(=O)C1=C(C)NC2=C(C(=O)CC(c3ccc(Cl)cc3)C2)C1c1ccc(OC)c(Br)c1. The van der Waals surface area contributed by atoms with E-state index >= 15 is 0 Å². The summed E-state index contributed by atoms with van der Waals surface area (Å²) in [5, 5.41) is 4.06. The number of hydrogen-bond donors (Lipinski definition) is 1. The molecule has 1 aliphatic heterocycles. The number of allylic oxidation sites excluding steroid dienone is 3. The van der Waals surface area contributed by atoms with E-state index in [2.05, 4.69) is 21.2 Å². The summed E-state index contributed by atoms with van der Waals surface area (Å²) in [7, 11) is 1.60. The number of methoxy groups -OCH3 is 1. The molecule has 5 nitrogen and oxygen atoms in total. The van der Waals surface area contributed by atoms with Gasteiger partial charge in [-0.1, -0.05) is 36.7 Å². The van der Waals surface area contributed by atoms with E-state index in [1.807, 2.05) is 63.2 Å². The van der Waals surface area contributed by atoms with Crippen LogP contribution in [-0.4, -0.2) is 25.0 Å². The quantitative estimate of drug-likeness (QED) is 0.394. The highest BCUT2D eigenvalue weighted by molar-refractivity contribution is 9.10. The first-order valence-corrected chi connectivity index (χ1v) is 12.9. The Bertz CT molecular complexity index is 1220. The molecule has 0 saturated heterocycles. The van der Waals surface area contributed by atoms with E-state index in [0.29, 0.717) is 46.9 Å². The Morgan fingerprint density at radius 1 is 1.17 bits per heavy atom. The number of rotatable bonds is 6. The molecule has 1 N–H and O–H groups in total. The normalized spacial score (nSPS) is 20.8. The number of nitrogens with one attached hydrogen (secondary N) is 1. The Morgan fingerprint density at radius 2 is 1.86 bits per heavy atom. The summed E-state index contributed by atoms with van der Waals surface area (Å²) < 4.78 is 11.9. The highest BCUT2D eigenvalue weighted by Crippen LogP contribution is 2.46. The van der Waals surface area contributed by atoms with Gasteiger partial charge in [0.25, 0.3) is 0 Å². The Hall–Kier alpha value is -2.57. The summed E-state index contributed by atoms with van der Waals surface area (Å²) in [6.07, 6.45) is 1.52. The first-order chi connectivity index (χ1) is 16.7. The average molecular weight is 559 g/mol. The van der Waals surface area contributed by atoms with Gasteiger partial charge < -0.3 is 14.8 Å². The van der Waals surface area contributed by atoms with Crippen LogP contribution in [0.15, 0.2) is 69.5 Å². The summed E-state index contributed by atoms with van der Waals surface area (Å²) in [5.74, 6) is -0.184. The second-order valence-electron chi connectivity index (χ2n) is 9.09. The van der Waals surface area contributed by atoms with Gasteiger partial charge in [-0.2, -0.15) is 0 Å². The van der Waals surface area contributed by atoms with Crippen LogP contribution in [0.2, 0.25) is 5.02 Å². The number of dihydropyridines is 1. The molecule has 0 fully saturated rings. The van der Waals surface area contributed by atoms with Crippen LogP contribution in [0.3, 0.4) is 0 Å². The molecule has 1 aliphatic carbocycles. The lowest BCUT2D eigenvalue weighted by molar-refractivity contribution is -0.144. The zero-order valence-electron chi connectivity index (χ0n) is 20.3. The number of Topliss-reactive ketones (excluding diaryl/α,β-unsaturated/α-hetero) is 1. The molecular weight excluding hydrogens is 530 g/mol. The minimum Gasteiger partial charge on any atom is -0.496 e. The third kappa shape index (κ3) is 5.19. The summed E-state index contributed by atoms with van der Waals surface area (Å²) in [6.45, 7) is 5.72. The van der Waals surface area contributed by atoms with Gasteiger partial charge in [-0.05, 0) is 83.9 Å². The third-order valence-electron chi connectivity index (χ3n) is 6.78. The molecule has 1 heterocycles. The minimum absolute atomic E-state index is 0.0250. The summed E-state index contributed by atoms with van der Waals surface area (Å²) in [5.41, 5.74) is 4.58. The molecule has 2 aromatic carbocycles. The van der Waals surface area contributed by atoms with Gasteiger partial charge in [0.05, 0.1) is 23.3 Å². The maximum atomic E-state index is 13.7. The molecule has 0 radical (unpaired) electrons. The van der Waals surface area contributed by atoms with E-state index in [9.17, 15) is 9.59 Å². The molecule has 0 amide bonds. The largest absolute Gasteiger partial charge is 0.496 e. The molecule has 4 rings (SSSR count). The maximum Gasteiger partial charge on any atom is 0.337 e. The van der Waals surface area contributed by atoms with Gasteiger partial charge in [0.1, 0.15) is 5.75 Å². The second-order valence-corrected chi connectivity index (χ2v) is 10.4. The molecular formula is C28H29BrClNO4. The fourth-order valence-electron chi connectivity index (χ4n) is 4.81. The number of carbonyl (C=O) groups is 2. The standard InChI is InChI=1S/C28H29BrClNO4/c1-5-15(2)35-28(33)25-16(3)31-22-13-19(17-6-9-20(30)10-7-17)14-23(32)27(22)26(25)18-8-11-24(34-4)21(29)12-18/h6-12,15,19,26,31H,5,13-14H2,1-4H3. The predicted octanol–water partition coefficient (Wildman–Crippen LogP) is 6.81. The van der Waals surface area contributed by atoms with Gasteiger partial charge in [0.15, 0.2) is 5.78 Å². The Balaban J connectivity index is 1.80. The van der Waals surface area contributed by atoms with Crippen molar-refractivity contribution in [2.75, 3.05) is 7.11 Å². The number of hydrogen-bond acceptors (Lipinski definition) is 5. The van der Waals surface area contributed by atoms with Crippen molar-refractivity contribution in [2.45, 2.75) is 58.0 Å². The van der Waals surface area contributed by atoms with Gasteiger partial charge in [-0.15, -0.1) is 0 Å². The molecule has 184 valence electrons. The van der Waals surface area contributed by atoms with E-state index in [1.165, 1.54) is 0 Å². The molecule has 0 bridgehead atoms. The fraction of sp³-hybridized carbons (Fsp3) is 0.357. The molecule has 35 heavy (non-hydrogen) atoms. The van der Waals surface area contributed by atoms with Crippen LogP contribution in [0.25, 0.3) is 0 Å². The van der Waals surface area contributed by atoms with Crippen molar-refractivity contribution >= 4 is 39.3 Å². The van der Waals surface area contributed by atoms with Crippen molar-refractivity contribution in [3.05, 3.63) is 85.6 Å². The van der Waals surface area contributed by atoms with E-state index < -0.39 is 11.9 Å². The lowest BCUT2D eigenvalue weighted by Crippen LogP contribution is -2.36. The van der Waals surface area contributed by atoms with Crippen LogP contribution < -0.4 is 10.1 Å². The summed E-state index contributed by atoms with van der Waals surface area (Å²) in [6, 6.07) is 13.3. The maximum absolute atomic E-state index is 13.7. The molecule has 0 saturated carbocycles. The van der Waals surface area contributed by atoms with Gasteiger partial charge in [0.2, 0.25) is 0 Å². The van der Waals surface area contributed by atoms with Gasteiger partial charge >= 0.3 is 5.97 Å². The Kier molecular flexibility index (Phi) is 7.72. The summed E-state index contributed by atoms with van der Waals surface area (Å²) in [4.78, 5) is 27.1. The molecule has 2 aromatic rings. The first kappa shape index (κ1) is 25.5. The Labute approximate surface area is 219 Å². The molecule has 7 heteroatoms. The first-order valence-electron chi connectivity index (χ1n) is 11.8. The van der Waals surface area contributed by atoms with Crippen molar-refractivity contribution in [3.8, 4) is 5.75 Å². The smallest absolute Gasteiger partial charge is 0.337 e. The predicted molar refractivity (Wildman–Crippen MR) is 141 cm³/mol. The monoisotopic (exact) mass is 557 g/mol. The van der Waals surface area contributed by atoms with E-state index in [1.54, 1.807) is 7.11 Å². The van der Waals surface area contributed by atoms with E-state index in [4.69, 9.17) is 21.1 Å². The minimum atomic E-state index is -0.524. The molecule has 3 unspecified atom stereocenters. The lowest BCUT2D eigenvalue weighted by atomic mass is 9.71. The zero-order valence-corrected chi connectivity index (χ0v) is 22.6. The van der Waals surface area contributed by atoms with Crippen molar-refractivity contribution in [1.82, 2.24) is 5.32 Å². The van der Waals surface area contributed by atoms with Crippen LogP contribution in [-0.2, 0) is 14.3 Å². The number of esters is 1. The molecule has 3 atom stereocenters. The van der Waals surface area contributed by atoms with Gasteiger partial charge in [-0.25, -0.2) is 4.79 Å². The van der Waals surface area contributed by atoms with Crippen molar-refractivity contribution in [2.24, 2.45) is 0 Å². The number of halogens is 2. The van der Waals surface area contributed by atoms with Gasteiger partial charge in [0, 0.05) is 34.3 Å². The van der Waals surface area contributed by atoms with Crippen molar-refractivity contribution in [1.29, 1.82) is 0 Å². The highest BCUT2D eigenvalue weighted by Gasteiger charge is 2.41. The topological polar surface area (TPSA) is 64.6 Å². The third-order valence-corrected chi connectivity index (χ3v) is 7.65. The Morgan fingerprint density at radius 3 is 2.49 bits per heavy atom. The van der Waals surface area contributed by atoms with Crippen LogP contribution in [0, 0.1) is 0 Å². The summed E-state index contributed by atoms with van der Waals surface area (Å²) >= 11 is 9.63. The van der Waals surface area contributed by atoms with Crippen LogP contribution in [0.5, 0.6) is 5.75 Å². The van der Waals surface area contributed by atoms with E-state index in [0.717, 1.165) is 21.3 Å². The number of ether oxygens (including phenoxy) is 2. The van der Waals surface area contributed by atoms with Crippen LogP contribution >= 0.6 is 27.5 Å². The number of carbonyl (C=O) groups excluding carboxylic acids is 2. The lowest BCUT2D eigenvalue weighted by Gasteiger charge is -2.37. The molecule has 0 aromatic heterocycles. The van der Waals surface area contributed by atoms with Crippen LogP contribution in [0.1, 0.15) is 63.0 Å². The highest BCUT2D eigenvalue weighted by atomic mass is 79.9. The zero-order chi connectivity index (χ0) is 25.3. The van der Waals surface area contributed by atoms with Crippen LogP contribution in [0.4, 0.5) is 0 Å². The second kappa shape index (κ2) is 10.6. The average Bonchev–Trinajstić information content (AvgIpc) is 2.83. The van der Waals surface area contributed by atoms with Gasteiger partial charge in [-0.3, -0.25) is 4.79 Å². The number of benzene rings is 2. The fourth-order valence-corrected chi connectivity index (χ4v) is 5.49. The van der Waals surface area contributed by atoms with Crippen molar-refractivity contribution in [3.63, 3.8) is 0 Å². The molecule has 0 spiro atoms. The molecule has 2 aliphatic rings.